The Morgan fingerprint density at radius 2 is 0.950 bits per heavy atom. The average molecular weight is 258 g/mol. The van der Waals surface area contributed by atoms with Gasteiger partial charge in [-0.3, -0.25) is 0 Å². The summed E-state index contributed by atoms with van der Waals surface area (Å²) in [7, 11) is 0. The van der Waals surface area contributed by atoms with Crippen LogP contribution in [0.3, 0.4) is 0 Å². The Balaban J connectivity index is 2.12. The van der Waals surface area contributed by atoms with Gasteiger partial charge in [0.05, 0.1) is 11.0 Å². The summed E-state index contributed by atoms with van der Waals surface area (Å²) in [4.78, 5) is 17.4. The molecule has 0 atom stereocenters. The summed E-state index contributed by atoms with van der Waals surface area (Å²) >= 11 is 0. The van der Waals surface area contributed by atoms with Crippen LogP contribution < -0.4 is 0 Å². The van der Waals surface area contributed by atoms with Crippen molar-refractivity contribution in [2.75, 3.05) is 0 Å². The maximum Gasteiger partial charge on any atom is 0.116 e. The van der Waals surface area contributed by atoms with Gasteiger partial charge in [0, 0.05) is 10.8 Å². The molecule has 4 nitrogen and oxygen atoms in total. The van der Waals surface area contributed by atoms with E-state index in [0.717, 1.165) is 33.2 Å². The van der Waals surface area contributed by atoms with E-state index in [-0.39, 0.29) is 0 Å². The molecule has 20 heavy (non-hydrogen) atoms. The first-order valence-corrected chi connectivity index (χ1v) is 6.33. The van der Waals surface area contributed by atoms with Crippen molar-refractivity contribution < 1.29 is 0 Å². The molecule has 0 radical (unpaired) electrons. The Morgan fingerprint density at radius 3 is 1.45 bits per heavy atom. The monoisotopic (exact) mass is 258 g/mol. The molecular formula is C16H10N4. The van der Waals surface area contributed by atoms with Crippen LogP contribution in [0.5, 0.6) is 0 Å². The molecule has 4 rings (SSSR count). The summed E-state index contributed by atoms with van der Waals surface area (Å²) in [6, 6.07) is 15.9. The minimum Gasteiger partial charge on any atom is -0.236 e. The van der Waals surface area contributed by atoms with Crippen LogP contribution in [-0.4, -0.2) is 19.9 Å². The largest absolute Gasteiger partial charge is 0.236 e. The number of aromatic nitrogens is 4. The number of nitrogens with zero attached hydrogens (tertiary/aromatic N) is 4. The first-order valence-electron chi connectivity index (χ1n) is 6.33. The van der Waals surface area contributed by atoms with Crippen LogP contribution in [0.1, 0.15) is 0 Å². The minimum absolute atomic E-state index is 0.842. The highest BCUT2D eigenvalue weighted by Gasteiger charge is 2.10. The smallest absolute Gasteiger partial charge is 0.116 e. The molecule has 0 fully saturated rings. The van der Waals surface area contributed by atoms with Crippen LogP contribution in [0.25, 0.3) is 33.2 Å². The van der Waals surface area contributed by atoms with Crippen molar-refractivity contribution in [2.24, 2.45) is 0 Å². The van der Waals surface area contributed by atoms with Crippen molar-refractivity contribution in [1.82, 2.24) is 19.9 Å². The van der Waals surface area contributed by atoms with Crippen LogP contribution >= 0.6 is 0 Å². The third-order valence-corrected chi connectivity index (χ3v) is 3.31. The molecule has 0 bridgehead atoms. The summed E-state index contributed by atoms with van der Waals surface area (Å²) < 4.78 is 0. The molecule has 0 spiro atoms. The van der Waals surface area contributed by atoms with Gasteiger partial charge in [0.25, 0.3) is 0 Å². The van der Waals surface area contributed by atoms with E-state index >= 15 is 0 Å². The van der Waals surface area contributed by atoms with Crippen molar-refractivity contribution in [3.05, 3.63) is 61.2 Å². The van der Waals surface area contributed by atoms with Gasteiger partial charge in [-0.2, -0.15) is 0 Å². The van der Waals surface area contributed by atoms with E-state index in [4.69, 9.17) is 0 Å². The van der Waals surface area contributed by atoms with Gasteiger partial charge in [-0.15, -0.1) is 0 Å². The van der Waals surface area contributed by atoms with E-state index < -0.39 is 0 Å². The van der Waals surface area contributed by atoms with Crippen LogP contribution in [0.2, 0.25) is 0 Å². The minimum atomic E-state index is 0.842. The lowest BCUT2D eigenvalue weighted by Crippen LogP contribution is -1.93. The number of rotatable bonds is 1. The van der Waals surface area contributed by atoms with Gasteiger partial charge in [0.2, 0.25) is 0 Å². The molecule has 94 valence electrons. The normalized spacial score (nSPS) is 11.0. The maximum absolute atomic E-state index is 4.43. The first kappa shape index (κ1) is 11.0. The standard InChI is InChI=1S/C16H10N4/c1-3-7-13-11(5-1)15(19-9-17-13)16-12-6-2-4-8-14(12)18-10-20-16/h1-10H. The fraction of sp³-hybridized carbons (Fsp3) is 0. The van der Waals surface area contributed by atoms with Gasteiger partial charge in [-0.05, 0) is 12.1 Å². The van der Waals surface area contributed by atoms with E-state index in [1.165, 1.54) is 0 Å². The molecule has 0 amide bonds. The lowest BCUT2D eigenvalue weighted by molar-refractivity contribution is 1.17. The summed E-state index contributed by atoms with van der Waals surface area (Å²) in [5.74, 6) is 0. The van der Waals surface area contributed by atoms with E-state index in [0.29, 0.717) is 0 Å². The van der Waals surface area contributed by atoms with Crippen molar-refractivity contribution in [3.63, 3.8) is 0 Å². The number of hydrogen-bond acceptors (Lipinski definition) is 4. The molecule has 4 aromatic rings. The van der Waals surface area contributed by atoms with E-state index in [1.54, 1.807) is 12.7 Å². The second-order valence-corrected chi connectivity index (χ2v) is 4.48. The Kier molecular flexibility index (Phi) is 2.39. The fourth-order valence-corrected chi connectivity index (χ4v) is 2.39. The zero-order valence-corrected chi connectivity index (χ0v) is 10.6. The second kappa shape index (κ2) is 4.35. The molecule has 0 unspecified atom stereocenters. The summed E-state index contributed by atoms with van der Waals surface area (Å²) in [5, 5.41) is 2.00. The topological polar surface area (TPSA) is 51.6 Å². The molecule has 2 heterocycles. The van der Waals surface area contributed by atoms with Crippen LogP contribution in [0.15, 0.2) is 61.2 Å². The summed E-state index contributed by atoms with van der Waals surface area (Å²) in [5.41, 5.74) is 3.52. The van der Waals surface area contributed by atoms with Crippen molar-refractivity contribution in [1.29, 1.82) is 0 Å². The Labute approximate surface area is 115 Å². The lowest BCUT2D eigenvalue weighted by Gasteiger charge is -2.06. The molecule has 0 saturated heterocycles. The Bertz CT molecular complexity index is 830. The predicted octanol–water partition coefficient (Wildman–Crippen LogP) is 3.24. The Hall–Kier alpha value is -2.88. The predicted molar refractivity (Wildman–Crippen MR) is 78.1 cm³/mol. The highest BCUT2D eigenvalue weighted by atomic mass is 14.9. The van der Waals surface area contributed by atoms with E-state index in [9.17, 15) is 0 Å². The molecule has 0 aliphatic carbocycles. The summed E-state index contributed by atoms with van der Waals surface area (Å²) in [6.45, 7) is 0. The SMILES string of the molecule is c1ccc2c(-c3ncnc4ccccc34)ncnc2c1. The van der Waals surface area contributed by atoms with Gasteiger partial charge >= 0.3 is 0 Å². The van der Waals surface area contributed by atoms with E-state index in [1.807, 2.05) is 48.5 Å². The molecule has 2 aromatic heterocycles. The lowest BCUT2D eigenvalue weighted by atomic mass is 10.1. The van der Waals surface area contributed by atoms with Crippen LogP contribution in [-0.2, 0) is 0 Å². The van der Waals surface area contributed by atoms with Crippen LogP contribution in [0, 0.1) is 0 Å². The number of hydrogen-bond donors (Lipinski definition) is 0. The average Bonchev–Trinajstić information content (AvgIpc) is 2.54. The highest BCUT2D eigenvalue weighted by Crippen LogP contribution is 2.28. The van der Waals surface area contributed by atoms with Crippen molar-refractivity contribution in [3.8, 4) is 11.4 Å². The maximum atomic E-state index is 4.43. The van der Waals surface area contributed by atoms with Crippen LogP contribution in [0.4, 0.5) is 0 Å². The number of fused-ring (bicyclic) bond motifs is 2. The number of para-hydroxylation sites is 2. The third kappa shape index (κ3) is 1.62. The van der Waals surface area contributed by atoms with E-state index in [2.05, 4.69) is 19.9 Å². The number of benzene rings is 2. The zero-order chi connectivity index (χ0) is 13.4. The van der Waals surface area contributed by atoms with Gasteiger partial charge in [0.15, 0.2) is 0 Å². The van der Waals surface area contributed by atoms with Gasteiger partial charge in [-0.1, -0.05) is 36.4 Å². The molecule has 0 saturated carbocycles. The zero-order valence-electron chi connectivity index (χ0n) is 10.6. The summed E-state index contributed by atoms with van der Waals surface area (Å²) in [6.07, 6.45) is 3.16. The molecule has 0 aliphatic heterocycles. The molecular weight excluding hydrogens is 248 g/mol. The fourth-order valence-electron chi connectivity index (χ4n) is 2.39. The third-order valence-electron chi connectivity index (χ3n) is 3.31. The Morgan fingerprint density at radius 1 is 0.500 bits per heavy atom. The van der Waals surface area contributed by atoms with Crippen molar-refractivity contribution >= 4 is 21.8 Å². The first-order chi connectivity index (χ1) is 9.93. The molecule has 0 aliphatic rings. The second-order valence-electron chi connectivity index (χ2n) is 4.48. The van der Waals surface area contributed by atoms with Gasteiger partial charge < -0.3 is 0 Å². The van der Waals surface area contributed by atoms with Gasteiger partial charge in [-0.25, -0.2) is 19.9 Å². The quantitative estimate of drug-likeness (QED) is 0.526. The van der Waals surface area contributed by atoms with Gasteiger partial charge in [0.1, 0.15) is 24.0 Å². The molecule has 2 aromatic carbocycles. The highest BCUT2D eigenvalue weighted by molar-refractivity contribution is 5.99. The molecule has 4 heteroatoms. The molecule has 0 N–H and O–H groups in total. The van der Waals surface area contributed by atoms with Crippen molar-refractivity contribution in [2.45, 2.75) is 0 Å².